The van der Waals surface area contributed by atoms with E-state index < -0.39 is 20.5 Å². The van der Waals surface area contributed by atoms with Crippen molar-refractivity contribution in [3.63, 3.8) is 0 Å². The maximum absolute atomic E-state index is 13.7. The molecule has 0 fully saturated rings. The van der Waals surface area contributed by atoms with E-state index in [9.17, 15) is 9.59 Å². The molecule has 0 bridgehead atoms. The van der Waals surface area contributed by atoms with Gasteiger partial charge in [0, 0.05) is 0 Å². The van der Waals surface area contributed by atoms with Crippen LogP contribution >= 0.6 is 17.2 Å². The number of rotatable bonds is 17. The summed E-state index contributed by atoms with van der Waals surface area (Å²) >= 11 is -6.15. The first kappa shape index (κ1) is 42.4. The molecular formula is C48H58BCl2HfN2O2. The van der Waals surface area contributed by atoms with E-state index in [1.165, 1.54) is 44.5 Å². The number of allylic oxidation sites excluding steroid dienone is 2. The Bertz CT molecular complexity index is 2010. The second-order valence-electron chi connectivity index (χ2n) is 15.7. The molecule has 2 amide bonds. The van der Waals surface area contributed by atoms with Crippen molar-refractivity contribution in [2.75, 3.05) is 0 Å². The van der Waals surface area contributed by atoms with Crippen molar-refractivity contribution in [2.45, 2.75) is 113 Å². The van der Waals surface area contributed by atoms with Crippen molar-refractivity contribution < 1.29 is 25.5 Å². The fraction of sp³-hybridized carbons (Fsp3) is 0.375. The Morgan fingerprint density at radius 1 is 0.536 bits per heavy atom. The summed E-state index contributed by atoms with van der Waals surface area (Å²) < 4.78 is -1.65. The Kier molecular flexibility index (Phi) is 13.8. The summed E-state index contributed by atoms with van der Waals surface area (Å²) in [4.78, 5) is 27.4. The molecule has 2 N–H and O–H groups in total. The first-order chi connectivity index (χ1) is 27.0. The molecule has 293 valence electrons. The molecule has 4 aromatic carbocycles. The second-order valence-corrected chi connectivity index (χ2v) is 46.2. The molecule has 2 unspecified atom stereocenters. The van der Waals surface area contributed by atoms with Gasteiger partial charge in [-0.1, -0.05) is 0 Å². The van der Waals surface area contributed by atoms with Crippen LogP contribution < -0.4 is 10.5 Å². The molecule has 2 atom stereocenters. The van der Waals surface area contributed by atoms with Crippen molar-refractivity contribution >= 4 is 45.7 Å². The van der Waals surface area contributed by atoms with Gasteiger partial charge < -0.3 is 0 Å². The fourth-order valence-electron chi connectivity index (χ4n) is 9.59. The van der Waals surface area contributed by atoms with E-state index in [1.54, 1.807) is 0 Å². The molecular weight excluding hydrogens is 897 g/mol. The van der Waals surface area contributed by atoms with Gasteiger partial charge in [-0.15, -0.1) is 0 Å². The van der Waals surface area contributed by atoms with Crippen LogP contribution in [0.1, 0.15) is 134 Å². The zero-order valence-corrected chi connectivity index (χ0v) is 39.2. The molecule has 0 radical (unpaired) electrons. The number of benzene rings is 4. The van der Waals surface area contributed by atoms with E-state index in [0.29, 0.717) is 0 Å². The molecule has 0 spiro atoms. The monoisotopic (exact) mass is 955 g/mol. The molecule has 0 aromatic heterocycles. The van der Waals surface area contributed by atoms with E-state index in [0.717, 1.165) is 73.6 Å². The molecule has 0 saturated heterocycles. The fourth-order valence-corrected chi connectivity index (χ4v) is 39.3. The van der Waals surface area contributed by atoms with Crippen LogP contribution in [0, 0.1) is 0 Å². The summed E-state index contributed by atoms with van der Waals surface area (Å²) in [6, 6.07) is 30.6. The van der Waals surface area contributed by atoms with E-state index >= 15 is 0 Å². The van der Waals surface area contributed by atoms with Gasteiger partial charge in [0.25, 0.3) is 0 Å². The van der Waals surface area contributed by atoms with Crippen molar-refractivity contribution in [2.24, 2.45) is 0 Å². The minimum atomic E-state index is -6.15. The third-order valence-corrected chi connectivity index (χ3v) is 40.5. The van der Waals surface area contributed by atoms with Crippen LogP contribution in [0.2, 0.25) is 0 Å². The number of hydrogen-bond donors (Lipinski definition) is 2. The summed E-state index contributed by atoms with van der Waals surface area (Å²) in [6.07, 6.45) is 12.7. The standard InChI is InChI=1S/2C21H23.C6H11BN2O2.2ClH.Hf/c2*1-3-8-16-14-18-11-7-13-20(21(18)15-16)19-12-6-5-10-17(19)9-4-2;1-3-5(10)8-7-9-6(11)4-2;;;/h2*5-7,10-15H,3-4,8-9H2,1-2H3;3-4H2,1-2H3,(H-,8,9,10,11);2*1H;/q;;;;;+1/p-1. The average Bonchev–Trinajstić information content (AvgIpc) is 3.78. The number of halogens is 2. The zero-order valence-electron chi connectivity index (χ0n) is 34.1. The molecule has 2 aliphatic carbocycles. The Hall–Kier alpha value is -3.18. The molecule has 6 rings (SSSR count). The van der Waals surface area contributed by atoms with Gasteiger partial charge in [-0.3, -0.25) is 0 Å². The predicted molar refractivity (Wildman–Crippen MR) is 237 cm³/mol. The van der Waals surface area contributed by atoms with Gasteiger partial charge in [-0.2, -0.15) is 0 Å². The van der Waals surface area contributed by atoms with Crippen LogP contribution in [0.3, 0.4) is 0 Å². The van der Waals surface area contributed by atoms with Gasteiger partial charge >= 0.3 is 346 Å². The van der Waals surface area contributed by atoms with Crippen LogP contribution in [0.4, 0.5) is 0 Å². The second kappa shape index (κ2) is 18.2. The predicted octanol–water partition coefficient (Wildman–Crippen LogP) is 13.1. The van der Waals surface area contributed by atoms with Gasteiger partial charge in [0.1, 0.15) is 0 Å². The van der Waals surface area contributed by atoms with Crippen LogP contribution in [0.15, 0.2) is 96.1 Å². The van der Waals surface area contributed by atoms with E-state index in [4.69, 9.17) is 17.2 Å². The third-order valence-electron chi connectivity index (χ3n) is 11.9. The van der Waals surface area contributed by atoms with Gasteiger partial charge in [0.05, 0.1) is 0 Å². The molecule has 0 saturated carbocycles. The summed E-state index contributed by atoms with van der Waals surface area (Å²) in [5, 5.41) is 6.61. The Labute approximate surface area is 344 Å². The number of aryl methyl sites for hydroxylation is 2. The normalized spacial score (nSPS) is 16.6. The molecule has 8 heteroatoms. The van der Waals surface area contributed by atoms with Crippen LogP contribution in [-0.2, 0) is 38.3 Å². The first-order valence-corrected chi connectivity index (χ1v) is 36.2. The number of fused-ring (bicyclic) bond motifs is 2. The van der Waals surface area contributed by atoms with Crippen molar-refractivity contribution in [1.29, 1.82) is 0 Å². The Morgan fingerprint density at radius 3 is 1.29 bits per heavy atom. The molecule has 56 heavy (non-hydrogen) atoms. The summed E-state index contributed by atoms with van der Waals surface area (Å²) in [5.74, 6) is -0.364. The third kappa shape index (κ3) is 7.84. The number of carbonyl (C=O) groups is 2. The van der Waals surface area contributed by atoms with E-state index in [2.05, 4.69) is 135 Å². The number of amides is 2. The van der Waals surface area contributed by atoms with E-state index in [1.807, 2.05) is 13.8 Å². The molecule has 0 heterocycles. The Balaban J connectivity index is 1.70. The van der Waals surface area contributed by atoms with Gasteiger partial charge in [0.2, 0.25) is 0 Å². The number of hydrogen-bond acceptors (Lipinski definition) is 2. The van der Waals surface area contributed by atoms with Crippen LogP contribution in [-0.4, -0.2) is 16.4 Å². The zero-order chi connectivity index (χ0) is 40.1. The van der Waals surface area contributed by atoms with Crippen molar-refractivity contribution in [3.05, 3.63) is 129 Å². The van der Waals surface area contributed by atoms with Crippen LogP contribution in [0.5, 0.6) is 0 Å². The summed E-state index contributed by atoms with van der Waals surface area (Å²) in [6.45, 7) is 12.5. The van der Waals surface area contributed by atoms with Crippen molar-refractivity contribution in [3.8, 4) is 22.3 Å². The van der Waals surface area contributed by atoms with E-state index in [-0.39, 0.29) is 32.0 Å². The number of carbonyl (C=O) groups excluding carboxylic acids is 2. The topological polar surface area (TPSA) is 58.2 Å². The van der Waals surface area contributed by atoms with Gasteiger partial charge in [-0.05, 0) is 0 Å². The van der Waals surface area contributed by atoms with Crippen LogP contribution in [0.25, 0.3) is 34.4 Å². The van der Waals surface area contributed by atoms with Crippen molar-refractivity contribution in [1.82, 2.24) is 10.5 Å². The quantitative estimate of drug-likeness (QED) is 0.104. The summed E-state index contributed by atoms with van der Waals surface area (Å²) in [5.41, 5.74) is 14.3. The molecule has 0 aliphatic heterocycles. The SMILES string of the molecule is CCCC1=Cc2c(-c3ccccc3CCC)cccc2[CH]1[Hf]([Cl])([Cl])([B](NC(=O)CC)NC(=O)CC)[CH]1C(CCC)=Cc2c(-c3ccccc3CCC)cccc21. The maximum atomic E-state index is 13.7. The average molecular weight is 955 g/mol. The number of nitrogens with one attached hydrogen (secondary N) is 2. The van der Waals surface area contributed by atoms with Gasteiger partial charge in [0.15, 0.2) is 0 Å². The molecule has 2 aliphatic rings. The summed E-state index contributed by atoms with van der Waals surface area (Å²) in [7, 11) is 17.8. The first-order valence-electron chi connectivity index (χ1n) is 21.0. The van der Waals surface area contributed by atoms with Gasteiger partial charge in [-0.25, -0.2) is 0 Å². The minimum absolute atomic E-state index is 0.182. The Morgan fingerprint density at radius 2 is 0.911 bits per heavy atom. The molecule has 4 aromatic rings. The molecule has 4 nitrogen and oxygen atoms in total.